The summed E-state index contributed by atoms with van der Waals surface area (Å²) in [6.45, 7) is 7.48. The fraction of sp³-hybridized carbons (Fsp3) is 0.533. The summed E-state index contributed by atoms with van der Waals surface area (Å²) in [5.41, 5.74) is 6.69. The molecule has 1 aromatic carbocycles. The number of nitrogens with two attached hydrogens (primary N) is 1. The number of halogens is 1. The Balaban J connectivity index is 2.84. The van der Waals surface area contributed by atoms with Gasteiger partial charge in [0.25, 0.3) is 0 Å². The summed E-state index contributed by atoms with van der Waals surface area (Å²) in [6, 6.07) is 5.10. The highest BCUT2D eigenvalue weighted by molar-refractivity contribution is 5.86. The van der Waals surface area contributed by atoms with E-state index in [4.69, 9.17) is 10.5 Å². The average molecular weight is 282 g/mol. The molecule has 0 radical (unpaired) electrons. The predicted octanol–water partition coefficient (Wildman–Crippen LogP) is 3.70. The quantitative estimate of drug-likeness (QED) is 0.885. The molecule has 1 unspecified atom stereocenters. The van der Waals surface area contributed by atoms with E-state index in [-0.39, 0.29) is 13.0 Å². The molecule has 3 N–H and O–H groups in total. The van der Waals surface area contributed by atoms with Gasteiger partial charge in [-0.15, -0.1) is 0 Å². The van der Waals surface area contributed by atoms with Gasteiger partial charge in [-0.2, -0.15) is 0 Å². The van der Waals surface area contributed by atoms with Gasteiger partial charge in [0.05, 0.1) is 0 Å². The van der Waals surface area contributed by atoms with E-state index in [0.717, 1.165) is 5.56 Å². The first-order valence-corrected chi connectivity index (χ1v) is 6.67. The molecule has 1 atom stereocenters. The Morgan fingerprint density at radius 3 is 2.65 bits per heavy atom. The Hall–Kier alpha value is -1.62. The van der Waals surface area contributed by atoms with Gasteiger partial charge in [-0.1, -0.05) is 12.1 Å². The highest BCUT2D eigenvalue weighted by atomic mass is 19.1. The third-order valence-corrected chi connectivity index (χ3v) is 2.68. The number of nitrogens with one attached hydrogen (secondary N) is 1. The van der Waals surface area contributed by atoms with Crippen molar-refractivity contribution in [1.82, 2.24) is 0 Å². The smallest absolute Gasteiger partial charge is 0.412 e. The van der Waals surface area contributed by atoms with Gasteiger partial charge in [-0.25, -0.2) is 9.18 Å². The predicted molar refractivity (Wildman–Crippen MR) is 78.6 cm³/mol. The maximum Gasteiger partial charge on any atom is 0.412 e. The summed E-state index contributed by atoms with van der Waals surface area (Å²) in [6.07, 6.45) is -1.42. The molecule has 1 amide bonds. The number of aryl methyl sites for hydroxylation is 1. The molecular weight excluding hydrogens is 259 g/mol. The monoisotopic (exact) mass is 282 g/mol. The van der Waals surface area contributed by atoms with E-state index >= 15 is 0 Å². The Morgan fingerprint density at radius 1 is 1.45 bits per heavy atom. The number of rotatable bonds is 4. The third kappa shape index (κ3) is 5.17. The van der Waals surface area contributed by atoms with Crippen LogP contribution in [0.2, 0.25) is 0 Å². The minimum absolute atomic E-state index is 0.259. The number of hydrogen-bond donors (Lipinski definition) is 2. The highest BCUT2D eigenvalue weighted by Gasteiger charge is 2.17. The number of carbonyl (C=O) groups is 1. The fourth-order valence-corrected chi connectivity index (χ4v) is 1.70. The Labute approximate surface area is 119 Å². The third-order valence-electron chi connectivity index (χ3n) is 2.68. The maximum absolute atomic E-state index is 13.8. The summed E-state index contributed by atoms with van der Waals surface area (Å²) in [4.78, 5) is 11.7. The van der Waals surface area contributed by atoms with E-state index < -0.39 is 17.9 Å². The topological polar surface area (TPSA) is 64.3 Å². The lowest BCUT2D eigenvalue weighted by Gasteiger charge is -2.20. The molecule has 1 rings (SSSR count). The standard InChI is InChI=1S/C15H23FN2O2/c1-10-5-6-11(12(16)7-8-17)9-13(10)18-14(19)20-15(2,3)4/h5-6,9,12H,7-8,17H2,1-4H3,(H,18,19). The molecule has 0 heterocycles. The Morgan fingerprint density at radius 2 is 2.10 bits per heavy atom. The largest absolute Gasteiger partial charge is 0.444 e. The van der Waals surface area contributed by atoms with E-state index in [1.807, 2.05) is 6.92 Å². The SMILES string of the molecule is Cc1ccc(C(F)CCN)cc1NC(=O)OC(C)(C)C. The van der Waals surface area contributed by atoms with Crippen LogP contribution in [0.1, 0.15) is 44.5 Å². The number of benzene rings is 1. The average Bonchev–Trinajstić information content (AvgIpc) is 2.29. The van der Waals surface area contributed by atoms with Crippen molar-refractivity contribution < 1.29 is 13.9 Å². The van der Waals surface area contributed by atoms with Crippen LogP contribution in [0.3, 0.4) is 0 Å². The molecule has 0 aliphatic heterocycles. The zero-order valence-corrected chi connectivity index (χ0v) is 12.5. The summed E-state index contributed by atoms with van der Waals surface area (Å²) < 4.78 is 19.0. The molecule has 0 aliphatic carbocycles. The van der Waals surface area contributed by atoms with Crippen LogP contribution >= 0.6 is 0 Å². The molecular formula is C15H23FN2O2. The van der Waals surface area contributed by atoms with E-state index in [1.165, 1.54) is 0 Å². The molecule has 4 nitrogen and oxygen atoms in total. The van der Waals surface area contributed by atoms with Crippen molar-refractivity contribution in [2.24, 2.45) is 5.73 Å². The van der Waals surface area contributed by atoms with Crippen molar-refractivity contribution in [3.63, 3.8) is 0 Å². The molecule has 0 aliphatic rings. The van der Waals surface area contributed by atoms with Crippen LogP contribution in [0.4, 0.5) is 14.9 Å². The molecule has 112 valence electrons. The van der Waals surface area contributed by atoms with Crippen molar-refractivity contribution in [3.8, 4) is 0 Å². The van der Waals surface area contributed by atoms with Crippen LogP contribution in [-0.2, 0) is 4.74 Å². The molecule has 5 heteroatoms. The van der Waals surface area contributed by atoms with Gasteiger partial charge >= 0.3 is 6.09 Å². The minimum Gasteiger partial charge on any atom is -0.444 e. The van der Waals surface area contributed by atoms with Crippen LogP contribution in [0.25, 0.3) is 0 Å². The molecule has 0 saturated carbocycles. The van der Waals surface area contributed by atoms with E-state index in [9.17, 15) is 9.18 Å². The zero-order chi connectivity index (χ0) is 15.3. The highest BCUT2D eigenvalue weighted by Crippen LogP contribution is 2.26. The van der Waals surface area contributed by atoms with Crippen molar-refractivity contribution >= 4 is 11.8 Å². The number of anilines is 1. The first kappa shape index (κ1) is 16.4. The molecule has 0 fully saturated rings. The molecule has 0 aromatic heterocycles. The Kier molecular flexibility index (Phi) is 5.51. The normalized spacial score (nSPS) is 12.9. The molecule has 0 saturated heterocycles. The van der Waals surface area contributed by atoms with Crippen LogP contribution in [0, 0.1) is 6.92 Å². The van der Waals surface area contributed by atoms with E-state index in [1.54, 1.807) is 39.0 Å². The van der Waals surface area contributed by atoms with Gasteiger partial charge in [-0.3, -0.25) is 5.32 Å². The minimum atomic E-state index is -1.13. The molecule has 0 spiro atoms. The van der Waals surface area contributed by atoms with Gasteiger partial charge < -0.3 is 10.5 Å². The van der Waals surface area contributed by atoms with Gasteiger partial charge in [0, 0.05) is 5.69 Å². The number of hydrogen-bond acceptors (Lipinski definition) is 3. The number of amides is 1. The van der Waals surface area contributed by atoms with Gasteiger partial charge in [0.1, 0.15) is 11.8 Å². The van der Waals surface area contributed by atoms with Gasteiger partial charge in [0.15, 0.2) is 0 Å². The number of alkyl halides is 1. The Bertz CT molecular complexity index is 469. The summed E-state index contributed by atoms with van der Waals surface area (Å²) in [5.74, 6) is 0. The van der Waals surface area contributed by atoms with E-state index in [2.05, 4.69) is 5.32 Å². The van der Waals surface area contributed by atoms with Crippen LogP contribution in [0.15, 0.2) is 18.2 Å². The van der Waals surface area contributed by atoms with Crippen molar-refractivity contribution in [3.05, 3.63) is 29.3 Å². The lowest BCUT2D eigenvalue weighted by atomic mass is 10.0. The second-order valence-electron chi connectivity index (χ2n) is 5.75. The molecule has 20 heavy (non-hydrogen) atoms. The second kappa shape index (κ2) is 6.70. The maximum atomic E-state index is 13.8. The summed E-state index contributed by atoms with van der Waals surface area (Å²) >= 11 is 0. The van der Waals surface area contributed by atoms with E-state index in [0.29, 0.717) is 11.3 Å². The lowest BCUT2D eigenvalue weighted by molar-refractivity contribution is 0.0636. The van der Waals surface area contributed by atoms with Gasteiger partial charge in [-0.05, 0) is 57.9 Å². The van der Waals surface area contributed by atoms with Gasteiger partial charge in [0.2, 0.25) is 0 Å². The second-order valence-corrected chi connectivity index (χ2v) is 5.75. The zero-order valence-electron chi connectivity index (χ0n) is 12.5. The van der Waals surface area contributed by atoms with Crippen LogP contribution < -0.4 is 11.1 Å². The molecule has 1 aromatic rings. The first-order chi connectivity index (χ1) is 9.23. The summed E-state index contributed by atoms with van der Waals surface area (Å²) in [7, 11) is 0. The number of carbonyl (C=O) groups excluding carboxylic acids is 1. The van der Waals surface area contributed by atoms with Crippen LogP contribution in [0.5, 0.6) is 0 Å². The number of ether oxygens (including phenoxy) is 1. The van der Waals surface area contributed by atoms with Crippen LogP contribution in [-0.4, -0.2) is 18.2 Å². The first-order valence-electron chi connectivity index (χ1n) is 6.67. The fourth-order valence-electron chi connectivity index (χ4n) is 1.70. The van der Waals surface area contributed by atoms with Crippen molar-refractivity contribution in [1.29, 1.82) is 0 Å². The summed E-state index contributed by atoms with van der Waals surface area (Å²) in [5, 5.41) is 2.65. The van der Waals surface area contributed by atoms with Crippen molar-refractivity contribution in [2.75, 3.05) is 11.9 Å². The molecule has 0 bridgehead atoms. The lowest BCUT2D eigenvalue weighted by Crippen LogP contribution is -2.27. The van der Waals surface area contributed by atoms with Crippen molar-refractivity contribution in [2.45, 2.75) is 45.9 Å².